The third-order valence-electron chi connectivity index (χ3n) is 4.06. The molecule has 0 heterocycles. The summed E-state index contributed by atoms with van der Waals surface area (Å²) in [7, 11) is 0. The van der Waals surface area contributed by atoms with Crippen molar-refractivity contribution in [2.45, 2.75) is 110 Å². The summed E-state index contributed by atoms with van der Waals surface area (Å²) in [5, 5.41) is 0. The molecule has 3 N–H and O–H groups in total. The van der Waals surface area contributed by atoms with Crippen LogP contribution in [0.5, 0.6) is 0 Å². The minimum absolute atomic E-state index is 0.873. The Labute approximate surface area is 149 Å². The zero-order valence-corrected chi connectivity index (χ0v) is 16.7. The molecular weight excluding hydrogens is 329 g/mol. The SMILES string of the molecule is CCCCCCCCCCCCCCCCCCN.[O]=[V](=[O])[OH]. The van der Waals surface area contributed by atoms with E-state index < -0.39 is 15.4 Å². The van der Waals surface area contributed by atoms with Crippen LogP contribution in [0.1, 0.15) is 110 Å². The van der Waals surface area contributed by atoms with Gasteiger partial charge in [0.15, 0.2) is 0 Å². The standard InChI is InChI=1S/C18H39N.H2O.2O.V/c1-2-3-4-5-6-7-8-9-10-11-12-13-14-15-16-17-18-19;;;;/h2-19H2,1H3;1H2;;;/q;;;;+1/p-1. The van der Waals surface area contributed by atoms with Crippen LogP contribution in [0.15, 0.2) is 0 Å². The van der Waals surface area contributed by atoms with Gasteiger partial charge >= 0.3 is 26.8 Å². The second kappa shape index (κ2) is 24.4. The van der Waals surface area contributed by atoms with E-state index in [0.717, 1.165) is 6.54 Å². The van der Waals surface area contributed by atoms with Crippen LogP contribution in [-0.4, -0.2) is 10.6 Å². The summed E-state index contributed by atoms with van der Waals surface area (Å²) >= 11 is -3.69. The molecule has 0 aromatic rings. The molecule has 0 radical (unpaired) electrons. The molecule has 0 aliphatic rings. The zero-order chi connectivity index (χ0) is 17.6. The van der Waals surface area contributed by atoms with Crippen molar-refractivity contribution < 1.29 is 26.8 Å². The summed E-state index contributed by atoms with van der Waals surface area (Å²) < 4.78 is 24.4. The van der Waals surface area contributed by atoms with Gasteiger partial charge in [-0.1, -0.05) is 103 Å². The average Bonchev–Trinajstić information content (AvgIpc) is 2.50. The molecule has 0 saturated heterocycles. The minimum atomic E-state index is -3.69. The van der Waals surface area contributed by atoms with E-state index in [1.165, 1.54) is 103 Å². The second-order valence-corrected chi connectivity index (χ2v) is 7.07. The molecule has 140 valence electrons. The van der Waals surface area contributed by atoms with E-state index in [9.17, 15) is 0 Å². The average molecular weight is 369 g/mol. The van der Waals surface area contributed by atoms with Gasteiger partial charge in [-0.25, -0.2) is 0 Å². The molecule has 0 rings (SSSR count). The summed E-state index contributed by atoms with van der Waals surface area (Å²) in [5.41, 5.74) is 5.48. The zero-order valence-electron chi connectivity index (χ0n) is 15.3. The fourth-order valence-corrected chi connectivity index (χ4v) is 2.69. The number of hydrogen-bond donors (Lipinski definition) is 2. The molecular formula is C18H40NO3V. The van der Waals surface area contributed by atoms with Crippen LogP contribution in [-0.2, 0) is 22.7 Å². The molecule has 0 amide bonds. The topological polar surface area (TPSA) is 80.4 Å². The van der Waals surface area contributed by atoms with E-state index in [2.05, 4.69) is 6.92 Å². The monoisotopic (exact) mass is 369 g/mol. The second-order valence-electron chi connectivity index (χ2n) is 6.33. The van der Waals surface area contributed by atoms with Gasteiger partial charge in [0, 0.05) is 0 Å². The van der Waals surface area contributed by atoms with Gasteiger partial charge in [0.25, 0.3) is 0 Å². The molecule has 0 fully saturated rings. The van der Waals surface area contributed by atoms with Gasteiger partial charge in [-0.05, 0) is 13.0 Å². The molecule has 0 unspecified atom stereocenters. The Morgan fingerprint density at radius 1 is 0.609 bits per heavy atom. The van der Waals surface area contributed by atoms with Gasteiger partial charge in [-0.2, -0.15) is 0 Å². The fourth-order valence-electron chi connectivity index (χ4n) is 2.69. The van der Waals surface area contributed by atoms with Gasteiger partial charge in [0.05, 0.1) is 0 Å². The predicted octanol–water partition coefficient (Wildman–Crippen LogP) is 5.41. The van der Waals surface area contributed by atoms with Crippen LogP contribution in [0.3, 0.4) is 0 Å². The Morgan fingerprint density at radius 2 is 0.826 bits per heavy atom. The van der Waals surface area contributed by atoms with Crippen molar-refractivity contribution in [2.75, 3.05) is 6.54 Å². The Bertz CT molecular complexity index is 247. The van der Waals surface area contributed by atoms with Gasteiger partial charge in [0.2, 0.25) is 0 Å². The Kier molecular flexibility index (Phi) is 26.8. The van der Waals surface area contributed by atoms with E-state index in [-0.39, 0.29) is 0 Å². The van der Waals surface area contributed by atoms with E-state index in [1.807, 2.05) is 0 Å². The van der Waals surface area contributed by atoms with Crippen molar-refractivity contribution in [3.63, 3.8) is 0 Å². The summed E-state index contributed by atoms with van der Waals surface area (Å²) in [6, 6.07) is 0. The Hall–Kier alpha value is 0.104. The van der Waals surface area contributed by atoms with Crippen LogP contribution >= 0.6 is 0 Å². The molecule has 0 aliphatic carbocycles. The first-order valence-electron chi connectivity index (χ1n) is 9.68. The molecule has 23 heavy (non-hydrogen) atoms. The molecule has 4 nitrogen and oxygen atoms in total. The van der Waals surface area contributed by atoms with Crippen molar-refractivity contribution >= 4 is 0 Å². The van der Waals surface area contributed by atoms with E-state index >= 15 is 0 Å². The Balaban J connectivity index is 0. The normalized spacial score (nSPS) is 10.2. The first kappa shape index (κ1) is 25.3. The molecule has 0 spiro atoms. The first-order valence-corrected chi connectivity index (χ1v) is 11.4. The molecule has 0 aliphatic heterocycles. The fraction of sp³-hybridized carbons (Fsp3) is 1.00. The predicted molar refractivity (Wildman–Crippen MR) is 92.2 cm³/mol. The van der Waals surface area contributed by atoms with Gasteiger partial charge < -0.3 is 5.73 Å². The number of nitrogens with two attached hydrogens (primary N) is 1. The van der Waals surface area contributed by atoms with Crippen molar-refractivity contribution in [3.05, 3.63) is 0 Å². The summed E-state index contributed by atoms with van der Waals surface area (Å²) in [5.74, 6) is 0. The Morgan fingerprint density at radius 3 is 1.04 bits per heavy atom. The van der Waals surface area contributed by atoms with Crippen LogP contribution in [0.2, 0.25) is 0 Å². The van der Waals surface area contributed by atoms with Gasteiger partial charge in [-0.3, -0.25) is 0 Å². The van der Waals surface area contributed by atoms with Crippen molar-refractivity contribution in [1.29, 1.82) is 0 Å². The van der Waals surface area contributed by atoms with Gasteiger partial charge in [-0.15, -0.1) is 0 Å². The first-order chi connectivity index (χ1) is 11.1. The van der Waals surface area contributed by atoms with Gasteiger partial charge in [0.1, 0.15) is 0 Å². The third kappa shape index (κ3) is 34.4. The third-order valence-corrected chi connectivity index (χ3v) is 4.06. The van der Waals surface area contributed by atoms with E-state index in [1.54, 1.807) is 0 Å². The van der Waals surface area contributed by atoms with E-state index in [4.69, 9.17) is 17.1 Å². The van der Waals surface area contributed by atoms with Crippen molar-refractivity contribution in [1.82, 2.24) is 0 Å². The maximum atomic E-state index is 8.67. The molecule has 0 atom stereocenters. The quantitative estimate of drug-likeness (QED) is 0.357. The maximum absolute atomic E-state index is 8.67. The number of hydrogen-bond acceptors (Lipinski definition) is 3. The van der Waals surface area contributed by atoms with E-state index in [0.29, 0.717) is 0 Å². The van der Waals surface area contributed by atoms with Crippen LogP contribution in [0.4, 0.5) is 0 Å². The van der Waals surface area contributed by atoms with Crippen LogP contribution < -0.4 is 5.73 Å². The summed E-state index contributed by atoms with van der Waals surface area (Å²) in [6.07, 6.45) is 22.9. The summed E-state index contributed by atoms with van der Waals surface area (Å²) in [4.78, 5) is 0. The number of rotatable bonds is 16. The molecule has 0 saturated carbocycles. The van der Waals surface area contributed by atoms with Crippen molar-refractivity contribution in [3.8, 4) is 0 Å². The van der Waals surface area contributed by atoms with Crippen molar-refractivity contribution in [2.24, 2.45) is 5.73 Å². The van der Waals surface area contributed by atoms with Crippen LogP contribution in [0.25, 0.3) is 0 Å². The molecule has 0 aromatic heterocycles. The van der Waals surface area contributed by atoms with Crippen LogP contribution in [0, 0.1) is 0 Å². The molecule has 0 aromatic carbocycles. The molecule has 0 bridgehead atoms. The number of unbranched alkanes of at least 4 members (excludes halogenated alkanes) is 15. The molecule has 5 heteroatoms. The summed E-state index contributed by atoms with van der Waals surface area (Å²) in [6.45, 7) is 3.16.